The van der Waals surface area contributed by atoms with Crippen molar-refractivity contribution in [1.82, 2.24) is 0 Å². The molecule has 0 aliphatic rings. The number of phenols is 2. The molecule has 0 saturated heterocycles. The molecule has 0 bridgehead atoms. The fourth-order valence-corrected chi connectivity index (χ4v) is 7.98. The van der Waals surface area contributed by atoms with Crippen LogP contribution in [0.2, 0.25) is 0 Å². The molecule has 259 valence electrons. The Morgan fingerprint density at radius 2 is 0.740 bits per heavy atom. The molecule has 0 radical (unpaired) electrons. The Morgan fingerprint density at radius 3 is 0.900 bits per heavy atom. The van der Waals surface area contributed by atoms with Crippen LogP contribution in [0, 0.1) is 5.41 Å². The predicted octanol–water partition coefficient (Wildman–Crippen LogP) is 12.6. The summed E-state index contributed by atoms with van der Waals surface area (Å²) in [5.41, 5.74) is 7.92. The van der Waals surface area contributed by atoms with Crippen LogP contribution in [-0.4, -0.2) is 27.8 Å². The third-order valence-electron chi connectivity index (χ3n) is 7.22. The zero-order valence-corrected chi connectivity index (χ0v) is 33.3. The summed E-state index contributed by atoms with van der Waals surface area (Å²) in [6.45, 7) is 12.2. The van der Waals surface area contributed by atoms with Gasteiger partial charge in [-0.25, -0.2) is 0 Å². The second-order valence-electron chi connectivity index (χ2n) is 12.2. The van der Waals surface area contributed by atoms with Gasteiger partial charge in [0.1, 0.15) is 11.5 Å². The van der Waals surface area contributed by atoms with E-state index in [1.54, 1.807) is 0 Å². The number of hydrogen-bond acceptors (Lipinski definition) is 3. The SMILES string of the molecule is CC(C)(C)[CH]=[W][Cl].CCOCC.Oc1c(-c2ccccc2)cccc1-c1ccccc1.Oc1c(-c2ccccc2)cccc1-c1ccccc1. The number of phenolic OH excluding ortho intramolecular Hbond substituents is 2. The second-order valence-corrected chi connectivity index (χ2v) is 15.2. The minimum Gasteiger partial charge on any atom is -0.507 e. The largest absolute Gasteiger partial charge is 0.507 e. The second kappa shape index (κ2) is 21.7. The maximum absolute atomic E-state index is 10.5. The molecule has 0 heterocycles. The van der Waals surface area contributed by atoms with E-state index >= 15 is 0 Å². The summed E-state index contributed by atoms with van der Waals surface area (Å²) in [4.78, 5) is 0. The molecule has 0 aliphatic heterocycles. The Hall–Kier alpha value is -4.27. The summed E-state index contributed by atoms with van der Waals surface area (Å²) in [6.07, 6.45) is 0. The van der Waals surface area contributed by atoms with E-state index < -0.39 is 17.1 Å². The van der Waals surface area contributed by atoms with Crippen molar-refractivity contribution in [2.75, 3.05) is 13.2 Å². The van der Waals surface area contributed by atoms with Gasteiger partial charge in [0.2, 0.25) is 0 Å². The maximum atomic E-state index is 10.5. The van der Waals surface area contributed by atoms with E-state index in [4.69, 9.17) is 14.2 Å². The summed E-state index contributed by atoms with van der Waals surface area (Å²) in [5.74, 6) is 0.666. The first-order valence-electron chi connectivity index (χ1n) is 16.7. The number of ether oxygens (including phenoxy) is 1. The molecule has 2 N–H and O–H groups in total. The van der Waals surface area contributed by atoms with E-state index in [-0.39, 0.29) is 0 Å². The third kappa shape index (κ3) is 13.2. The first-order chi connectivity index (χ1) is 24.2. The number of rotatable bonds is 6. The van der Waals surface area contributed by atoms with Crippen LogP contribution in [0.5, 0.6) is 11.5 Å². The normalized spacial score (nSPS) is 10.5. The van der Waals surface area contributed by atoms with E-state index in [0.29, 0.717) is 16.9 Å². The van der Waals surface area contributed by atoms with Gasteiger partial charge in [-0.3, -0.25) is 0 Å². The van der Waals surface area contributed by atoms with Crippen molar-refractivity contribution in [3.63, 3.8) is 0 Å². The van der Waals surface area contributed by atoms with Gasteiger partial charge in [0.05, 0.1) is 0 Å². The molecule has 0 spiro atoms. The average Bonchev–Trinajstić information content (AvgIpc) is 3.14. The van der Waals surface area contributed by atoms with E-state index in [2.05, 4.69) is 25.2 Å². The quantitative estimate of drug-likeness (QED) is 0.175. The summed E-state index contributed by atoms with van der Waals surface area (Å²) < 4.78 is 7.08. The minimum absolute atomic E-state index is 0.333. The molecule has 0 atom stereocenters. The van der Waals surface area contributed by atoms with E-state index in [1.165, 1.54) is 0 Å². The molecule has 0 aromatic heterocycles. The molecule has 6 aromatic rings. The number of hydrogen-bond donors (Lipinski definition) is 2. The standard InChI is InChI=1S/2C18H14O.C5H10.C4H10O.ClH.W/c2*19-18-16(14-8-3-1-4-9-14)12-7-13-17(18)15-10-5-2-6-11-15;1-5(2,3)4;1-3-5-4-2;;/h2*1-13,19H;1H,2-4H3;3-4H2,1-2H3;1H;/q;;;;;+1/p-1. The summed E-state index contributed by atoms with van der Waals surface area (Å²) in [6, 6.07) is 51.5. The zero-order valence-electron chi connectivity index (χ0n) is 29.6. The number of para-hydroxylation sites is 2. The molecule has 0 amide bonds. The van der Waals surface area contributed by atoms with Gasteiger partial charge in [-0.15, -0.1) is 0 Å². The minimum atomic E-state index is -0.543. The number of halogens is 1. The zero-order chi connectivity index (χ0) is 36.2. The van der Waals surface area contributed by atoms with Crippen molar-refractivity contribution in [3.05, 3.63) is 158 Å². The van der Waals surface area contributed by atoms with Crippen molar-refractivity contribution < 1.29 is 32.0 Å². The summed E-state index contributed by atoms with van der Waals surface area (Å²) in [5, 5.41) is 21.0. The Bertz CT molecular complexity index is 1600. The van der Waals surface area contributed by atoms with Crippen LogP contribution in [0.15, 0.2) is 158 Å². The smallest absolute Gasteiger partial charge is 0.131 e. The van der Waals surface area contributed by atoms with E-state index in [9.17, 15) is 10.2 Å². The molecular formula is C45H48ClO3W. The van der Waals surface area contributed by atoms with Crippen LogP contribution in [0.4, 0.5) is 0 Å². The van der Waals surface area contributed by atoms with Gasteiger partial charge >= 0.3 is 57.1 Å². The Morgan fingerprint density at radius 1 is 0.480 bits per heavy atom. The van der Waals surface area contributed by atoms with Gasteiger partial charge in [0.25, 0.3) is 0 Å². The van der Waals surface area contributed by atoms with Crippen molar-refractivity contribution in [2.45, 2.75) is 34.6 Å². The molecule has 0 unspecified atom stereocenters. The van der Waals surface area contributed by atoms with Gasteiger partial charge in [-0.2, -0.15) is 0 Å². The van der Waals surface area contributed by atoms with E-state index in [1.807, 2.05) is 172 Å². The molecule has 6 aromatic carbocycles. The van der Waals surface area contributed by atoms with E-state index in [0.717, 1.165) is 57.7 Å². The fraction of sp³-hybridized carbons (Fsp3) is 0.178. The molecule has 0 fully saturated rings. The number of benzene rings is 6. The van der Waals surface area contributed by atoms with Crippen LogP contribution >= 0.6 is 9.42 Å². The van der Waals surface area contributed by atoms with Crippen LogP contribution in [0.25, 0.3) is 44.5 Å². The van der Waals surface area contributed by atoms with Crippen molar-refractivity contribution in [1.29, 1.82) is 0 Å². The van der Waals surface area contributed by atoms with Crippen molar-refractivity contribution in [2.24, 2.45) is 5.41 Å². The van der Waals surface area contributed by atoms with Gasteiger partial charge in [-0.1, -0.05) is 158 Å². The Kier molecular flexibility index (Phi) is 17.5. The van der Waals surface area contributed by atoms with Crippen LogP contribution < -0.4 is 0 Å². The molecule has 50 heavy (non-hydrogen) atoms. The average molecular weight is 856 g/mol. The van der Waals surface area contributed by atoms with Gasteiger partial charge in [0.15, 0.2) is 0 Å². The Balaban J connectivity index is 0.000000206. The van der Waals surface area contributed by atoms with Gasteiger partial charge in [-0.05, 0) is 36.1 Å². The maximum Gasteiger partial charge on any atom is 0.131 e. The van der Waals surface area contributed by atoms with Crippen molar-refractivity contribution >= 4 is 13.8 Å². The molecule has 5 heteroatoms. The molecule has 0 saturated carbocycles. The van der Waals surface area contributed by atoms with Crippen molar-refractivity contribution in [3.8, 4) is 56.0 Å². The summed E-state index contributed by atoms with van der Waals surface area (Å²) >= 11 is -0.543. The Labute approximate surface area is 311 Å². The molecular weight excluding hydrogens is 808 g/mol. The van der Waals surface area contributed by atoms with Gasteiger partial charge < -0.3 is 14.9 Å². The van der Waals surface area contributed by atoms with Gasteiger partial charge in [0, 0.05) is 35.5 Å². The topological polar surface area (TPSA) is 49.7 Å². The third-order valence-corrected chi connectivity index (χ3v) is 10.8. The summed E-state index contributed by atoms with van der Waals surface area (Å²) in [7, 11) is 5.60. The number of aromatic hydroxyl groups is 2. The van der Waals surface area contributed by atoms with Crippen LogP contribution in [0.3, 0.4) is 0 Å². The first-order valence-corrected chi connectivity index (χ1v) is 22.1. The fourth-order valence-electron chi connectivity index (χ4n) is 4.83. The molecule has 0 aliphatic carbocycles. The monoisotopic (exact) mass is 855 g/mol. The first kappa shape index (κ1) is 40.2. The molecule has 6 rings (SSSR count). The van der Waals surface area contributed by atoms with Crippen LogP contribution in [0.1, 0.15) is 34.6 Å². The molecule has 3 nitrogen and oxygen atoms in total. The van der Waals surface area contributed by atoms with Crippen LogP contribution in [-0.2, 0) is 21.8 Å². The predicted molar refractivity (Wildman–Crippen MR) is 211 cm³/mol.